The van der Waals surface area contributed by atoms with Gasteiger partial charge in [-0.05, 0) is 24.6 Å². The molecule has 0 saturated carbocycles. The van der Waals surface area contributed by atoms with Crippen LogP contribution >= 0.6 is 15.6 Å². The largest absolute Gasteiger partial charge is 0.790 e. The van der Waals surface area contributed by atoms with Crippen LogP contribution in [0.4, 0.5) is 0 Å². The third-order valence-electron chi connectivity index (χ3n) is 3.46. The van der Waals surface area contributed by atoms with Crippen molar-refractivity contribution < 1.29 is 42.2 Å². The van der Waals surface area contributed by atoms with Crippen LogP contribution in [0.5, 0.6) is 5.75 Å². The zero-order valence-corrected chi connectivity index (χ0v) is 17.0. The molecular weight excluding hydrogens is 422 g/mol. The predicted molar refractivity (Wildman–Crippen MR) is 97.8 cm³/mol. The van der Waals surface area contributed by atoms with Crippen LogP contribution in [0.3, 0.4) is 0 Å². The number of ether oxygens (including phenoxy) is 1. The van der Waals surface area contributed by atoms with Gasteiger partial charge in [0.2, 0.25) is 0 Å². The summed E-state index contributed by atoms with van der Waals surface area (Å²) >= 11 is 0. The van der Waals surface area contributed by atoms with E-state index in [0.717, 1.165) is 0 Å². The molecule has 156 valence electrons. The van der Waals surface area contributed by atoms with E-state index in [4.69, 9.17) is 4.74 Å². The van der Waals surface area contributed by atoms with Crippen LogP contribution in [0, 0.1) is 0 Å². The van der Waals surface area contributed by atoms with Crippen LogP contribution in [0.15, 0.2) is 66.2 Å². The molecule has 2 aromatic carbocycles. The Morgan fingerprint density at radius 2 is 1.66 bits per heavy atom. The summed E-state index contributed by atoms with van der Waals surface area (Å²) < 4.78 is 34.6. The molecule has 0 bridgehead atoms. The highest BCUT2D eigenvalue weighted by molar-refractivity contribution is 7.58. The summed E-state index contributed by atoms with van der Waals surface area (Å²) in [4.78, 5) is 44.2. The first-order chi connectivity index (χ1) is 13.6. The Morgan fingerprint density at radius 1 is 1.00 bits per heavy atom. The van der Waals surface area contributed by atoms with Crippen molar-refractivity contribution in [2.75, 3.05) is 13.2 Å². The third-order valence-corrected chi connectivity index (χ3v) is 5.53. The predicted octanol–water partition coefficient (Wildman–Crippen LogP) is 1.57. The number of ketones is 1. The topological polar surface area (TPSA) is 148 Å². The van der Waals surface area contributed by atoms with E-state index in [1.165, 1.54) is 6.08 Å². The summed E-state index contributed by atoms with van der Waals surface area (Å²) in [5.41, 5.74) is 1.54. The Bertz CT molecular complexity index is 966. The first kappa shape index (κ1) is 23.2. The van der Waals surface area contributed by atoms with Crippen molar-refractivity contribution in [3.05, 3.63) is 77.4 Å². The summed E-state index contributed by atoms with van der Waals surface area (Å²) in [6, 6.07) is 15.3. The van der Waals surface area contributed by atoms with Crippen LogP contribution in [0.1, 0.15) is 22.8 Å². The van der Waals surface area contributed by atoms with E-state index in [9.17, 15) is 28.6 Å². The molecule has 0 fully saturated rings. The molecule has 0 amide bonds. The highest BCUT2D eigenvalue weighted by Crippen LogP contribution is 2.50. The zero-order valence-electron chi connectivity index (χ0n) is 15.3. The summed E-state index contributed by atoms with van der Waals surface area (Å²) in [6.07, 6.45) is 1.31. The van der Waals surface area contributed by atoms with Gasteiger partial charge < -0.3 is 28.5 Å². The van der Waals surface area contributed by atoms with Gasteiger partial charge in [0, 0.05) is 11.1 Å². The van der Waals surface area contributed by atoms with Gasteiger partial charge in [-0.15, -0.1) is 0 Å². The number of carbonyl (C=O) groups excluding carboxylic acids is 1. The van der Waals surface area contributed by atoms with Crippen molar-refractivity contribution in [1.29, 1.82) is 0 Å². The molecule has 0 aliphatic carbocycles. The number of phosphoric acid groups is 2. The maximum absolute atomic E-state index is 12.5. The molecule has 0 heterocycles. The first-order valence-electron chi connectivity index (χ1n) is 8.23. The molecule has 2 rings (SSSR count). The normalized spacial score (nSPS) is 14.3. The highest BCUT2D eigenvalue weighted by Gasteiger charge is 2.11. The molecule has 0 N–H and O–H groups in total. The van der Waals surface area contributed by atoms with E-state index in [2.05, 4.69) is 8.83 Å². The van der Waals surface area contributed by atoms with Crippen LogP contribution in [0.2, 0.25) is 0 Å². The van der Waals surface area contributed by atoms with Gasteiger partial charge in [0.15, 0.2) is 5.78 Å². The van der Waals surface area contributed by atoms with E-state index in [1.807, 2.05) is 6.07 Å². The molecule has 0 radical (unpaired) electrons. The van der Waals surface area contributed by atoms with Gasteiger partial charge in [0.25, 0.3) is 7.82 Å². The zero-order chi connectivity index (χ0) is 21.5. The smallest absolute Gasteiger partial charge is 0.272 e. The molecule has 11 heteroatoms. The lowest BCUT2D eigenvalue weighted by molar-refractivity contribution is -0.339. The van der Waals surface area contributed by atoms with Gasteiger partial charge in [-0.3, -0.25) is 13.7 Å². The number of hydrogen-bond donors (Lipinski definition) is 0. The molecule has 0 aliphatic heterocycles. The van der Waals surface area contributed by atoms with Crippen LogP contribution in [-0.2, 0) is 18.0 Å². The number of phosphoric ester groups is 1. The van der Waals surface area contributed by atoms with Crippen molar-refractivity contribution in [1.82, 2.24) is 0 Å². The van der Waals surface area contributed by atoms with Crippen LogP contribution in [-0.4, -0.2) is 19.0 Å². The molecular formula is C18H17O9P2-3. The summed E-state index contributed by atoms with van der Waals surface area (Å²) in [6.45, 7) is 1.13. The van der Waals surface area contributed by atoms with E-state index >= 15 is 0 Å². The Balaban J connectivity index is 1.91. The third kappa shape index (κ3) is 8.43. The lowest BCUT2D eigenvalue weighted by Gasteiger charge is -2.34. The van der Waals surface area contributed by atoms with Crippen molar-refractivity contribution >= 4 is 21.4 Å². The average Bonchev–Trinajstić information content (AvgIpc) is 2.64. The van der Waals surface area contributed by atoms with Gasteiger partial charge in [-0.25, -0.2) is 0 Å². The van der Waals surface area contributed by atoms with E-state index in [-0.39, 0.29) is 12.4 Å². The molecule has 0 spiro atoms. The maximum Gasteiger partial charge on any atom is 0.272 e. The summed E-state index contributed by atoms with van der Waals surface area (Å²) in [7, 11) is -11.0. The minimum Gasteiger partial charge on any atom is -0.790 e. The number of hydrogen-bond acceptors (Lipinski definition) is 9. The Kier molecular flexibility index (Phi) is 8.07. The second-order valence-corrected chi connectivity index (χ2v) is 8.53. The van der Waals surface area contributed by atoms with Crippen molar-refractivity contribution in [2.45, 2.75) is 6.92 Å². The second-order valence-electron chi connectivity index (χ2n) is 5.83. The Labute approximate surface area is 167 Å². The van der Waals surface area contributed by atoms with E-state index in [0.29, 0.717) is 22.4 Å². The molecule has 9 nitrogen and oxygen atoms in total. The monoisotopic (exact) mass is 439 g/mol. The fourth-order valence-electron chi connectivity index (χ4n) is 2.16. The lowest BCUT2D eigenvalue weighted by Crippen LogP contribution is -2.19. The van der Waals surface area contributed by atoms with Gasteiger partial charge >= 0.3 is 0 Å². The number of benzene rings is 2. The number of rotatable bonds is 10. The summed E-state index contributed by atoms with van der Waals surface area (Å²) in [5, 5.41) is 0. The molecule has 0 saturated heterocycles. The fraction of sp³-hybridized carbons (Fsp3) is 0.167. The highest BCUT2D eigenvalue weighted by atomic mass is 31.3. The fourth-order valence-corrected chi connectivity index (χ4v) is 3.58. The molecule has 1 atom stereocenters. The van der Waals surface area contributed by atoms with E-state index < -0.39 is 22.3 Å². The maximum atomic E-state index is 12.5. The molecule has 0 aromatic heterocycles. The standard InChI is InChI=1S/C18H20O9P2/c1-14(10-11-26-29(23,24)27-28(20,21)22)13-25-17-9-5-8-16(12-17)18(19)15-6-3-2-4-7-15/h2-10,12H,11,13H2,1H3,(H,23,24)(H2,20,21,22)/p-3/b14-10+. The Hall–Kier alpha value is -2.09. The molecule has 2 aromatic rings. The quantitative estimate of drug-likeness (QED) is 0.305. The SMILES string of the molecule is C/C(=C\COP(=O)([O-])OP(=O)([O-])[O-])COc1cccc(C(=O)c2ccccc2)c1. The first-order valence-corrected chi connectivity index (χ1v) is 11.1. The number of carbonyl (C=O) groups is 1. The average molecular weight is 439 g/mol. The molecule has 0 aliphatic rings. The van der Waals surface area contributed by atoms with Gasteiger partial charge in [0.1, 0.15) is 12.4 Å². The van der Waals surface area contributed by atoms with E-state index in [1.54, 1.807) is 55.5 Å². The Morgan fingerprint density at radius 3 is 2.31 bits per heavy atom. The second kappa shape index (κ2) is 10.1. The van der Waals surface area contributed by atoms with Crippen LogP contribution in [0.25, 0.3) is 0 Å². The molecule has 1 unspecified atom stereocenters. The summed E-state index contributed by atoms with van der Waals surface area (Å²) in [5.74, 6) is 0.272. The van der Waals surface area contributed by atoms with Gasteiger partial charge in [-0.2, -0.15) is 0 Å². The van der Waals surface area contributed by atoms with Crippen molar-refractivity contribution in [3.63, 3.8) is 0 Å². The lowest BCUT2D eigenvalue weighted by atomic mass is 10.0. The minimum atomic E-state index is -5.71. The van der Waals surface area contributed by atoms with Crippen molar-refractivity contribution in [3.8, 4) is 5.75 Å². The van der Waals surface area contributed by atoms with Gasteiger partial charge in [0.05, 0.1) is 14.4 Å². The van der Waals surface area contributed by atoms with Crippen molar-refractivity contribution in [2.24, 2.45) is 0 Å². The van der Waals surface area contributed by atoms with Gasteiger partial charge in [-0.1, -0.05) is 48.5 Å². The van der Waals surface area contributed by atoms with Crippen LogP contribution < -0.4 is 19.4 Å². The molecule has 29 heavy (non-hydrogen) atoms. The minimum absolute atomic E-state index is 0.0535.